The van der Waals surface area contributed by atoms with Gasteiger partial charge in [-0.3, -0.25) is 19.6 Å². The minimum absolute atomic E-state index is 0.0149. The lowest BCUT2D eigenvalue weighted by atomic mass is 10.3. The zero-order chi connectivity index (χ0) is 21.2. The standard InChI is InChI=1S/C17H11Cl2N3O5S2/c18-12-2-1-3-13(19)16(12)29(26,27)21-11-6-4-10(5-7-11)20-17(23)14-8-9-15(28-14)22(24)25/h1-9,21H,(H,20,23). The molecule has 8 nitrogen and oxygen atoms in total. The van der Waals surface area contributed by atoms with Gasteiger partial charge in [0.25, 0.3) is 15.9 Å². The molecule has 0 aliphatic carbocycles. The molecule has 1 heterocycles. The highest BCUT2D eigenvalue weighted by atomic mass is 35.5. The molecule has 0 fully saturated rings. The number of nitrogens with one attached hydrogen (secondary N) is 2. The fraction of sp³-hybridized carbons (Fsp3) is 0. The van der Waals surface area contributed by atoms with E-state index in [1.807, 2.05) is 0 Å². The summed E-state index contributed by atoms with van der Waals surface area (Å²) < 4.78 is 27.5. The molecular weight excluding hydrogens is 461 g/mol. The van der Waals surface area contributed by atoms with Crippen molar-refractivity contribution in [3.8, 4) is 0 Å². The molecule has 0 aliphatic heterocycles. The van der Waals surface area contributed by atoms with Gasteiger partial charge in [-0.05, 0) is 42.5 Å². The van der Waals surface area contributed by atoms with E-state index in [0.717, 1.165) is 11.3 Å². The highest BCUT2D eigenvalue weighted by Gasteiger charge is 2.21. The van der Waals surface area contributed by atoms with Crippen LogP contribution in [-0.4, -0.2) is 19.2 Å². The minimum atomic E-state index is -4.02. The second kappa shape index (κ2) is 8.37. The van der Waals surface area contributed by atoms with E-state index in [1.54, 1.807) is 0 Å². The SMILES string of the molecule is O=C(Nc1ccc(NS(=O)(=O)c2c(Cl)cccc2Cl)cc1)c1ccc([N+](=O)[O-])s1. The second-order valence-corrected chi connectivity index (χ2v) is 9.08. The molecule has 2 N–H and O–H groups in total. The molecule has 3 aromatic rings. The smallest absolute Gasteiger partial charge is 0.321 e. The van der Waals surface area contributed by atoms with Crippen molar-refractivity contribution < 1.29 is 18.1 Å². The van der Waals surface area contributed by atoms with E-state index in [2.05, 4.69) is 10.0 Å². The van der Waals surface area contributed by atoms with Gasteiger partial charge in [0, 0.05) is 17.4 Å². The fourth-order valence-corrected chi connectivity index (χ4v) is 5.23. The predicted octanol–water partition coefficient (Wildman–Crippen LogP) is 5.02. The maximum Gasteiger partial charge on any atom is 0.324 e. The summed E-state index contributed by atoms with van der Waals surface area (Å²) in [5, 5.41) is 13.1. The second-order valence-electron chi connectivity index (χ2n) is 5.58. The average molecular weight is 472 g/mol. The van der Waals surface area contributed by atoms with Crippen LogP contribution in [0.4, 0.5) is 16.4 Å². The number of nitrogens with zero attached hydrogens (tertiary/aromatic N) is 1. The van der Waals surface area contributed by atoms with Crippen LogP contribution in [0.15, 0.2) is 59.5 Å². The molecule has 0 saturated carbocycles. The summed E-state index contributed by atoms with van der Waals surface area (Å²) in [5.41, 5.74) is 0.607. The van der Waals surface area contributed by atoms with Crippen LogP contribution in [0, 0.1) is 10.1 Å². The molecule has 3 rings (SSSR count). The van der Waals surface area contributed by atoms with Crippen molar-refractivity contribution in [2.24, 2.45) is 0 Å². The zero-order valence-electron chi connectivity index (χ0n) is 14.3. The number of hydrogen-bond acceptors (Lipinski definition) is 6. The monoisotopic (exact) mass is 471 g/mol. The predicted molar refractivity (Wildman–Crippen MR) is 113 cm³/mol. The van der Waals surface area contributed by atoms with Gasteiger partial charge >= 0.3 is 5.00 Å². The molecule has 150 valence electrons. The average Bonchev–Trinajstić information content (AvgIpc) is 3.13. The minimum Gasteiger partial charge on any atom is -0.321 e. The molecule has 0 unspecified atom stereocenters. The summed E-state index contributed by atoms with van der Waals surface area (Å²) in [6, 6.07) is 12.8. The van der Waals surface area contributed by atoms with Gasteiger partial charge in [0.05, 0.1) is 19.8 Å². The molecule has 0 radical (unpaired) electrons. The number of amides is 1. The molecule has 0 spiro atoms. The van der Waals surface area contributed by atoms with Crippen LogP contribution >= 0.6 is 34.5 Å². The molecule has 1 amide bonds. The number of thiophene rings is 1. The van der Waals surface area contributed by atoms with Crippen LogP contribution in [-0.2, 0) is 10.0 Å². The van der Waals surface area contributed by atoms with Crippen molar-refractivity contribution in [3.63, 3.8) is 0 Å². The molecule has 0 aliphatic rings. The van der Waals surface area contributed by atoms with Crippen molar-refractivity contribution in [2.45, 2.75) is 4.90 Å². The number of carbonyl (C=O) groups excluding carboxylic acids is 1. The van der Waals surface area contributed by atoms with Gasteiger partial charge in [-0.15, -0.1) is 0 Å². The molecule has 0 atom stereocenters. The van der Waals surface area contributed by atoms with E-state index in [0.29, 0.717) is 5.69 Å². The summed E-state index contributed by atoms with van der Waals surface area (Å²) in [6.07, 6.45) is 0. The van der Waals surface area contributed by atoms with Crippen molar-refractivity contribution in [3.05, 3.63) is 79.6 Å². The summed E-state index contributed by atoms with van der Waals surface area (Å²) in [7, 11) is -4.02. The third-order valence-electron chi connectivity index (χ3n) is 3.58. The lowest BCUT2D eigenvalue weighted by Gasteiger charge is -2.11. The lowest BCUT2D eigenvalue weighted by molar-refractivity contribution is -0.380. The summed E-state index contributed by atoms with van der Waals surface area (Å²) >= 11 is 12.7. The van der Waals surface area contributed by atoms with Gasteiger partial charge in [-0.25, -0.2) is 8.42 Å². The molecule has 0 bridgehead atoms. The Morgan fingerprint density at radius 1 is 0.966 bits per heavy atom. The van der Waals surface area contributed by atoms with E-state index >= 15 is 0 Å². The topological polar surface area (TPSA) is 118 Å². The molecule has 2 aromatic carbocycles. The van der Waals surface area contributed by atoms with Crippen LogP contribution in [0.5, 0.6) is 0 Å². The normalized spacial score (nSPS) is 11.1. The van der Waals surface area contributed by atoms with Gasteiger partial charge in [-0.1, -0.05) is 40.6 Å². The highest BCUT2D eigenvalue weighted by molar-refractivity contribution is 7.93. The lowest BCUT2D eigenvalue weighted by Crippen LogP contribution is -2.14. The number of sulfonamides is 1. The van der Waals surface area contributed by atoms with Crippen molar-refractivity contribution in [2.75, 3.05) is 10.0 Å². The number of nitro groups is 1. The van der Waals surface area contributed by atoms with Crippen LogP contribution in [0.1, 0.15) is 9.67 Å². The third-order valence-corrected chi connectivity index (χ3v) is 6.95. The molecular formula is C17H11Cl2N3O5S2. The molecule has 12 heteroatoms. The number of carbonyl (C=O) groups is 1. The Hall–Kier alpha value is -2.66. The van der Waals surface area contributed by atoms with Gasteiger partial charge in [-0.2, -0.15) is 0 Å². The zero-order valence-corrected chi connectivity index (χ0v) is 17.4. The van der Waals surface area contributed by atoms with Crippen molar-refractivity contribution in [1.29, 1.82) is 0 Å². The first-order chi connectivity index (χ1) is 13.7. The Morgan fingerprint density at radius 3 is 2.10 bits per heavy atom. The van der Waals surface area contributed by atoms with E-state index in [4.69, 9.17) is 23.2 Å². The van der Waals surface area contributed by atoms with Gasteiger partial charge < -0.3 is 5.32 Å². The largest absolute Gasteiger partial charge is 0.324 e. The molecule has 29 heavy (non-hydrogen) atoms. The van der Waals surface area contributed by atoms with Gasteiger partial charge in [0.1, 0.15) is 4.90 Å². The van der Waals surface area contributed by atoms with E-state index in [1.165, 1.54) is 54.6 Å². The van der Waals surface area contributed by atoms with Crippen LogP contribution < -0.4 is 10.0 Å². The number of anilines is 2. The maximum absolute atomic E-state index is 12.5. The van der Waals surface area contributed by atoms with E-state index in [-0.39, 0.29) is 30.5 Å². The summed E-state index contributed by atoms with van der Waals surface area (Å²) in [6.45, 7) is 0. The Morgan fingerprint density at radius 2 is 1.55 bits per heavy atom. The first-order valence-corrected chi connectivity index (χ1v) is 10.9. The Bertz CT molecular complexity index is 1170. The number of halogens is 2. The summed E-state index contributed by atoms with van der Waals surface area (Å²) in [5.74, 6) is -0.515. The van der Waals surface area contributed by atoms with Gasteiger partial charge in [0.15, 0.2) is 0 Å². The quantitative estimate of drug-likeness (QED) is 0.386. The number of rotatable bonds is 6. The Labute approximate surface area is 179 Å². The Balaban J connectivity index is 1.73. The molecule has 0 saturated heterocycles. The molecule has 1 aromatic heterocycles. The number of benzene rings is 2. The first kappa shape index (κ1) is 21.1. The van der Waals surface area contributed by atoms with Crippen LogP contribution in [0.3, 0.4) is 0 Å². The number of hydrogen-bond donors (Lipinski definition) is 2. The van der Waals surface area contributed by atoms with Crippen molar-refractivity contribution >= 4 is 66.8 Å². The van der Waals surface area contributed by atoms with Gasteiger partial charge in [0.2, 0.25) is 0 Å². The first-order valence-electron chi connectivity index (χ1n) is 7.80. The van der Waals surface area contributed by atoms with Crippen LogP contribution in [0.2, 0.25) is 10.0 Å². The summed E-state index contributed by atoms with van der Waals surface area (Å²) in [4.78, 5) is 22.2. The highest BCUT2D eigenvalue weighted by Crippen LogP contribution is 2.31. The van der Waals surface area contributed by atoms with Crippen LogP contribution in [0.25, 0.3) is 0 Å². The van der Waals surface area contributed by atoms with E-state index < -0.39 is 20.9 Å². The fourth-order valence-electron chi connectivity index (χ4n) is 2.31. The van der Waals surface area contributed by atoms with E-state index in [9.17, 15) is 23.3 Å². The maximum atomic E-state index is 12.5. The Kier molecular flexibility index (Phi) is 6.08. The third kappa shape index (κ3) is 4.85. The van der Waals surface area contributed by atoms with Crippen molar-refractivity contribution in [1.82, 2.24) is 0 Å².